The second kappa shape index (κ2) is 10.6. The standard InChI is InChI=1S/C21H24ClN3O3/c1-4-28-20(27)13-23-15(2)24-21(16-8-6-5-7-9-16)18-12-17(22)10-11-19(18)25(3)14-26/h5-12,14-15,23H,4,13H2,1-3H3/b24-21-. The second-order valence-corrected chi connectivity index (χ2v) is 6.52. The van der Waals surface area contributed by atoms with E-state index in [1.54, 1.807) is 32.2 Å². The van der Waals surface area contributed by atoms with Crippen molar-refractivity contribution in [2.24, 2.45) is 4.99 Å². The minimum atomic E-state index is -0.368. The first-order chi connectivity index (χ1) is 13.5. The van der Waals surface area contributed by atoms with E-state index in [1.807, 2.05) is 37.3 Å². The fourth-order valence-electron chi connectivity index (χ4n) is 2.64. The molecule has 28 heavy (non-hydrogen) atoms. The van der Waals surface area contributed by atoms with Gasteiger partial charge in [-0.2, -0.15) is 0 Å². The Bertz CT molecular complexity index is 840. The minimum absolute atomic E-state index is 0.0528. The summed E-state index contributed by atoms with van der Waals surface area (Å²) in [7, 11) is 1.67. The molecule has 2 aromatic rings. The lowest BCUT2D eigenvalue weighted by Crippen LogP contribution is -2.32. The zero-order chi connectivity index (χ0) is 20.5. The molecular weight excluding hydrogens is 378 g/mol. The molecule has 1 N–H and O–H groups in total. The van der Waals surface area contributed by atoms with Crippen LogP contribution in [0.2, 0.25) is 5.02 Å². The van der Waals surface area contributed by atoms with Crippen LogP contribution in [0.4, 0.5) is 5.69 Å². The largest absolute Gasteiger partial charge is 0.465 e. The summed E-state index contributed by atoms with van der Waals surface area (Å²) in [5.41, 5.74) is 2.93. The van der Waals surface area contributed by atoms with Gasteiger partial charge in [0.25, 0.3) is 0 Å². The number of benzene rings is 2. The van der Waals surface area contributed by atoms with E-state index in [9.17, 15) is 9.59 Å². The fraction of sp³-hybridized carbons (Fsp3) is 0.286. The number of nitrogens with one attached hydrogen (secondary N) is 1. The normalized spacial score (nSPS) is 12.4. The number of amides is 1. The molecule has 1 atom stereocenters. The fourth-order valence-corrected chi connectivity index (χ4v) is 2.81. The van der Waals surface area contributed by atoms with E-state index >= 15 is 0 Å². The molecule has 0 saturated heterocycles. The van der Waals surface area contributed by atoms with Gasteiger partial charge < -0.3 is 9.64 Å². The molecule has 2 rings (SSSR count). The Morgan fingerprint density at radius 3 is 2.64 bits per heavy atom. The first kappa shape index (κ1) is 21.6. The summed E-state index contributed by atoms with van der Waals surface area (Å²) in [5.74, 6) is -0.338. The molecule has 1 unspecified atom stereocenters. The molecule has 2 aromatic carbocycles. The topological polar surface area (TPSA) is 71.0 Å². The van der Waals surface area contributed by atoms with E-state index in [-0.39, 0.29) is 18.7 Å². The maximum absolute atomic E-state index is 11.6. The molecule has 1 amide bonds. The Morgan fingerprint density at radius 2 is 2.00 bits per heavy atom. The number of nitrogens with zero attached hydrogens (tertiary/aromatic N) is 2. The van der Waals surface area contributed by atoms with E-state index in [0.717, 1.165) is 17.5 Å². The van der Waals surface area contributed by atoms with Crippen molar-refractivity contribution in [1.82, 2.24) is 5.32 Å². The smallest absolute Gasteiger partial charge is 0.319 e. The third-order valence-electron chi connectivity index (χ3n) is 3.97. The first-order valence-electron chi connectivity index (χ1n) is 8.96. The van der Waals surface area contributed by atoms with Crippen molar-refractivity contribution in [2.75, 3.05) is 25.1 Å². The summed E-state index contributed by atoms with van der Waals surface area (Å²) >= 11 is 6.23. The van der Waals surface area contributed by atoms with Crippen molar-refractivity contribution in [3.8, 4) is 0 Å². The van der Waals surface area contributed by atoms with Gasteiger partial charge in [0.2, 0.25) is 6.41 Å². The average Bonchev–Trinajstić information content (AvgIpc) is 2.70. The number of carbonyl (C=O) groups is 2. The van der Waals surface area contributed by atoms with E-state index in [1.165, 1.54) is 4.90 Å². The molecule has 0 spiro atoms. The van der Waals surface area contributed by atoms with Crippen LogP contribution in [0.15, 0.2) is 53.5 Å². The average molecular weight is 402 g/mol. The Kier molecular flexibility index (Phi) is 8.17. The summed E-state index contributed by atoms with van der Waals surface area (Å²) in [6.45, 7) is 3.99. The lowest BCUT2D eigenvalue weighted by atomic mass is 10.00. The number of carbonyl (C=O) groups excluding carboxylic acids is 2. The van der Waals surface area contributed by atoms with Crippen molar-refractivity contribution in [3.63, 3.8) is 0 Å². The number of hydrogen-bond donors (Lipinski definition) is 1. The van der Waals surface area contributed by atoms with Crippen LogP contribution in [0.25, 0.3) is 0 Å². The van der Waals surface area contributed by atoms with Gasteiger partial charge in [0.1, 0.15) is 0 Å². The number of halogens is 1. The van der Waals surface area contributed by atoms with Crippen molar-refractivity contribution in [3.05, 3.63) is 64.7 Å². The summed E-state index contributed by atoms with van der Waals surface area (Å²) in [4.78, 5) is 29.2. The monoisotopic (exact) mass is 401 g/mol. The molecule has 0 fully saturated rings. The van der Waals surface area contributed by atoms with Gasteiger partial charge in [0.15, 0.2) is 0 Å². The predicted molar refractivity (Wildman–Crippen MR) is 112 cm³/mol. The molecule has 0 saturated carbocycles. The molecule has 0 heterocycles. The van der Waals surface area contributed by atoms with Crippen molar-refractivity contribution >= 4 is 35.4 Å². The number of anilines is 1. The van der Waals surface area contributed by atoms with Crippen LogP contribution in [-0.2, 0) is 14.3 Å². The van der Waals surface area contributed by atoms with Gasteiger partial charge in [-0.3, -0.25) is 19.9 Å². The summed E-state index contributed by atoms with van der Waals surface area (Å²) in [6.07, 6.45) is 0.366. The second-order valence-electron chi connectivity index (χ2n) is 6.08. The molecule has 7 heteroatoms. The highest BCUT2D eigenvalue weighted by atomic mass is 35.5. The Labute approximate surface area is 170 Å². The zero-order valence-corrected chi connectivity index (χ0v) is 16.9. The number of ether oxygens (including phenoxy) is 1. The number of rotatable bonds is 9. The van der Waals surface area contributed by atoms with Crippen LogP contribution in [0.3, 0.4) is 0 Å². The molecule has 0 bridgehead atoms. The number of hydrogen-bond acceptors (Lipinski definition) is 5. The number of esters is 1. The SMILES string of the molecule is CCOC(=O)CNC(C)/N=C(/c1ccccc1)c1cc(Cl)ccc1N(C)C=O. The summed E-state index contributed by atoms with van der Waals surface area (Å²) < 4.78 is 4.93. The van der Waals surface area contributed by atoms with Crippen molar-refractivity contribution in [1.29, 1.82) is 0 Å². The quantitative estimate of drug-likeness (QED) is 0.397. The zero-order valence-electron chi connectivity index (χ0n) is 16.2. The summed E-state index contributed by atoms with van der Waals surface area (Å²) in [6, 6.07) is 14.9. The molecule has 6 nitrogen and oxygen atoms in total. The van der Waals surface area contributed by atoms with Gasteiger partial charge >= 0.3 is 5.97 Å². The first-order valence-corrected chi connectivity index (χ1v) is 9.34. The van der Waals surface area contributed by atoms with E-state index < -0.39 is 0 Å². The Morgan fingerprint density at radius 1 is 1.29 bits per heavy atom. The van der Waals surface area contributed by atoms with Gasteiger partial charge in [0.05, 0.1) is 30.7 Å². The van der Waals surface area contributed by atoms with E-state index in [0.29, 0.717) is 23.0 Å². The maximum atomic E-state index is 11.6. The highest BCUT2D eigenvalue weighted by Gasteiger charge is 2.16. The van der Waals surface area contributed by atoms with Gasteiger partial charge in [-0.15, -0.1) is 0 Å². The maximum Gasteiger partial charge on any atom is 0.319 e. The summed E-state index contributed by atoms with van der Waals surface area (Å²) in [5, 5.41) is 3.57. The molecule has 0 aliphatic heterocycles. The highest BCUT2D eigenvalue weighted by Crippen LogP contribution is 2.26. The van der Waals surface area contributed by atoms with Crippen LogP contribution < -0.4 is 10.2 Å². The van der Waals surface area contributed by atoms with Gasteiger partial charge in [-0.1, -0.05) is 41.9 Å². The molecule has 148 valence electrons. The van der Waals surface area contributed by atoms with Crippen LogP contribution >= 0.6 is 11.6 Å². The van der Waals surface area contributed by atoms with Crippen LogP contribution in [0.5, 0.6) is 0 Å². The van der Waals surface area contributed by atoms with Crippen LogP contribution in [0.1, 0.15) is 25.0 Å². The molecule has 0 aromatic heterocycles. The van der Waals surface area contributed by atoms with Gasteiger partial charge in [0, 0.05) is 23.2 Å². The lowest BCUT2D eigenvalue weighted by molar-refractivity contribution is -0.142. The Balaban J connectivity index is 2.46. The predicted octanol–water partition coefficient (Wildman–Crippen LogP) is 3.27. The van der Waals surface area contributed by atoms with Gasteiger partial charge in [-0.25, -0.2) is 0 Å². The Hall–Kier alpha value is -2.70. The molecular formula is C21H24ClN3O3. The van der Waals surface area contributed by atoms with Crippen LogP contribution in [0, 0.1) is 0 Å². The van der Waals surface area contributed by atoms with Gasteiger partial charge in [-0.05, 0) is 32.0 Å². The minimum Gasteiger partial charge on any atom is -0.465 e. The van der Waals surface area contributed by atoms with Crippen molar-refractivity contribution < 1.29 is 14.3 Å². The molecule has 0 aliphatic carbocycles. The van der Waals surface area contributed by atoms with Crippen molar-refractivity contribution in [2.45, 2.75) is 20.0 Å². The molecule has 0 aliphatic rings. The third-order valence-corrected chi connectivity index (χ3v) is 4.20. The van der Waals surface area contributed by atoms with E-state index in [4.69, 9.17) is 21.3 Å². The molecule has 0 radical (unpaired) electrons. The van der Waals surface area contributed by atoms with Crippen LogP contribution in [-0.4, -0.2) is 44.5 Å². The van der Waals surface area contributed by atoms with E-state index in [2.05, 4.69) is 5.32 Å². The third kappa shape index (κ3) is 5.90. The lowest BCUT2D eigenvalue weighted by Gasteiger charge is -2.20. The number of aliphatic imine (C=N–C) groups is 1. The highest BCUT2D eigenvalue weighted by molar-refractivity contribution is 6.31.